The Bertz CT molecular complexity index is 229. The Labute approximate surface area is 64.5 Å². The Morgan fingerprint density at radius 3 is 2.30 bits per heavy atom. The zero-order chi connectivity index (χ0) is 6.53. The van der Waals surface area contributed by atoms with Crippen molar-refractivity contribution in [2.75, 3.05) is 0 Å². The molecule has 1 rings (SSSR count). The predicted molar refractivity (Wildman–Crippen MR) is 44.7 cm³/mol. The zero-order valence-electron chi connectivity index (χ0n) is 5.24. The van der Waals surface area contributed by atoms with Crippen LogP contribution < -0.4 is 0 Å². The van der Waals surface area contributed by atoms with E-state index in [0.717, 1.165) is 5.69 Å². The van der Waals surface area contributed by atoms with E-state index in [1.807, 2.05) is 30.3 Å². The lowest BCUT2D eigenvalue weighted by molar-refractivity contribution is 0.824. The minimum Gasteiger partial charge on any atom is -0.412 e. The maximum absolute atomic E-state index is 4.42. The van der Waals surface area contributed by atoms with Crippen LogP contribution in [0, 0.1) is 0 Å². The van der Waals surface area contributed by atoms with Crippen molar-refractivity contribution in [1.82, 2.24) is 0 Å². The number of aliphatic imine (C=N–C) groups is 1. The highest BCUT2D eigenvalue weighted by molar-refractivity contribution is 7.78. The third-order valence-corrected chi connectivity index (χ3v) is 1.02. The quantitative estimate of drug-likeness (QED) is 0.446. The largest absolute Gasteiger partial charge is 0.412 e. The van der Waals surface area contributed by atoms with Gasteiger partial charge in [-0.15, -0.1) is 0 Å². The molecule has 0 aliphatic carbocycles. The topological polar surface area (TPSA) is 43.9 Å². The van der Waals surface area contributed by atoms with Gasteiger partial charge in [0.2, 0.25) is 0 Å². The zero-order valence-corrected chi connectivity index (χ0v) is 6.06. The monoisotopic (exact) mass is 153 g/mol. The van der Waals surface area contributed by atoms with E-state index in [-0.39, 0.29) is 5.48 Å². The molecule has 52 valence electrons. The molecule has 0 saturated heterocycles. The van der Waals surface area contributed by atoms with Crippen LogP contribution in [0.3, 0.4) is 0 Å². The second kappa shape index (κ2) is 4.82. The molecule has 0 bridgehead atoms. The molecule has 10 heavy (non-hydrogen) atoms. The first kappa shape index (κ1) is 8.98. The maximum Gasteiger partial charge on any atom is 0.0739 e. The average Bonchev–Trinajstić information content (AvgIpc) is 1.91. The van der Waals surface area contributed by atoms with Crippen molar-refractivity contribution in [2.45, 2.75) is 0 Å². The molecular weight excluding hydrogens is 146 g/mol. The second-order valence-electron chi connectivity index (χ2n) is 1.54. The standard InChI is InChI=1S/C7H5NS.H2O/c9-6-8-7-4-2-1-3-5-7;/h1-5H;1H2. The molecule has 0 atom stereocenters. The molecule has 0 aliphatic rings. The van der Waals surface area contributed by atoms with Gasteiger partial charge >= 0.3 is 0 Å². The maximum atomic E-state index is 4.42. The summed E-state index contributed by atoms with van der Waals surface area (Å²) in [6.45, 7) is 0. The molecule has 0 radical (unpaired) electrons. The van der Waals surface area contributed by atoms with Crippen molar-refractivity contribution < 1.29 is 5.48 Å². The lowest BCUT2D eigenvalue weighted by atomic mass is 10.3. The molecule has 1 aromatic rings. The van der Waals surface area contributed by atoms with Crippen LogP contribution in [0.25, 0.3) is 0 Å². The van der Waals surface area contributed by atoms with Crippen molar-refractivity contribution in [1.29, 1.82) is 0 Å². The lowest BCUT2D eigenvalue weighted by Gasteiger charge is -1.83. The average molecular weight is 153 g/mol. The van der Waals surface area contributed by atoms with Gasteiger partial charge in [0.15, 0.2) is 0 Å². The Balaban J connectivity index is 0.000000810. The predicted octanol–water partition coefficient (Wildman–Crippen LogP) is 1.60. The molecule has 2 N–H and O–H groups in total. The highest BCUT2D eigenvalue weighted by Crippen LogP contribution is 2.07. The minimum atomic E-state index is 0. The summed E-state index contributed by atoms with van der Waals surface area (Å²) in [5, 5.41) is 2.29. The number of nitrogens with zero attached hydrogens (tertiary/aromatic N) is 1. The van der Waals surface area contributed by atoms with E-state index in [1.165, 1.54) is 0 Å². The van der Waals surface area contributed by atoms with Gasteiger partial charge in [-0.2, -0.15) is 4.99 Å². The minimum absolute atomic E-state index is 0. The lowest BCUT2D eigenvalue weighted by Crippen LogP contribution is -1.58. The van der Waals surface area contributed by atoms with Crippen LogP contribution in [0.1, 0.15) is 0 Å². The summed E-state index contributed by atoms with van der Waals surface area (Å²) in [5.41, 5.74) is 0.854. The SMILES string of the molecule is O.S=C=Nc1ccccc1. The fraction of sp³-hybridized carbons (Fsp3) is 0. The summed E-state index contributed by atoms with van der Waals surface area (Å²) in [6, 6.07) is 9.50. The number of thiocarbonyl (C=S) groups is 1. The fourth-order valence-electron chi connectivity index (χ4n) is 0.555. The van der Waals surface area contributed by atoms with Crippen LogP contribution in [-0.4, -0.2) is 10.6 Å². The number of rotatable bonds is 1. The van der Waals surface area contributed by atoms with Gasteiger partial charge in [0.25, 0.3) is 0 Å². The molecule has 0 unspecified atom stereocenters. The highest BCUT2D eigenvalue weighted by atomic mass is 32.1. The first-order chi connectivity index (χ1) is 4.43. The molecular formula is C7H7NOS. The summed E-state index contributed by atoms with van der Waals surface area (Å²) in [4.78, 5) is 3.77. The van der Waals surface area contributed by atoms with Gasteiger partial charge in [-0.3, -0.25) is 0 Å². The van der Waals surface area contributed by atoms with E-state index in [4.69, 9.17) is 0 Å². The number of hydrogen-bond donors (Lipinski definition) is 0. The van der Waals surface area contributed by atoms with Gasteiger partial charge in [-0.1, -0.05) is 18.2 Å². The van der Waals surface area contributed by atoms with Crippen molar-refractivity contribution in [3.63, 3.8) is 0 Å². The normalized spacial score (nSPS) is 7.20. The summed E-state index contributed by atoms with van der Waals surface area (Å²) in [5.74, 6) is 0. The second-order valence-corrected chi connectivity index (χ2v) is 1.72. The van der Waals surface area contributed by atoms with Crippen LogP contribution in [0.2, 0.25) is 0 Å². The Morgan fingerprint density at radius 2 is 1.80 bits per heavy atom. The smallest absolute Gasteiger partial charge is 0.0739 e. The summed E-state index contributed by atoms with van der Waals surface area (Å²) < 4.78 is 0. The number of hydrogen-bond acceptors (Lipinski definition) is 2. The number of benzene rings is 1. The summed E-state index contributed by atoms with van der Waals surface area (Å²) >= 11 is 4.42. The number of isothiocyanates is 1. The molecule has 0 aromatic heterocycles. The molecule has 0 aliphatic heterocycles. The molecule has 1 aromatic carbocycles. The Kier molecular flexibility index (Phi) is 4.33. The van der Waals surface area contributed by atoms with E-state index in [1.54, 1.807) is 0 Å². The number of para-hydroxylation sites is 1. The molecule has 0 heterocycles. The van der Waals surface area contributed by atoms with Crippen molar-refractivity contribution in [3.8, 4) is 0 Å². The highest BCUT2D eigenvalue weighted by Gasteiger charge is 1.79. The molecule has 0 saturated carbocycles. The molecule has 0 amide bonds. The van der Waals surface area contributed by atoms with E-state index in [0.29, 0.717) is 0 Å². The van der Waals surface area contributed by atoms with Crippen molar-refractivity contribution in [3.05, 3.63) is 30.3 Å². The van der Waals surface area contributed by atoms with Crippen molar-refractivity contribution in [2.24, 2.45) is 4.99 Å². The Hall–Kier alpha value is -1.02. The van der Waals surface area contributed by atoms with Gasteiger partial charge in [0.1, 0.15) is 0 Å². The van der Waals surface area contributed by atoms with Gasteiger partial charge in [0, 0.05) is 0 Å². The van der Waals surface area contributed by atoms with Gasteiger partial charge < -0.3 is 5.48 Å². The van der Waals surface area contributed by atoms with Crippen LogP contribution in [0.15, 0.2) is 35.3 Å². The first-order valence-corrected chi connectivity index (χ1v) is 2.97. The first-order valence-electron chi connectivity index (χ1n) is 2.56. The van der Waals surface area contributed by atoms with Crippen LogP contribution in [0.5, 0.6) is 0 Å². The fourth-order valence-corrected chi connectivity index (χ4v) is 0.661. The van der Waals surface area contributed by atoms with E-state index >= 15 is 0 Å². The Morgan fingerprint density at radius 1 is 1.20 bits per heavy atom. The van der Waals surface area contributed by atoms with Crippen LogP contribution in [0.4, 0.5) is 5.69 Å². The summed E-state index contributed by atoms with van der Waals surface area (Å²) in [7, 11) is 0. The van der Waals surface area contributed by atoms with Crippen LogP contribution >= 0.6 is 12.2 Å². The van der Waals surface area contributed by atoms with Gasteiger partial charge in [0.05, 0.1) is 10.8 Å². The van der Waals surface area contributed by atoms with Gasteiger partial charge in [-0.05, 0) is 24.4 Å². The summed E-state index contributed by atoms with van der Waals surface area (Å²) in [6.07, 6.45) is 0. The molecule has 2 nitrogen and oxygen atoms in total. The van der Waals surface area contributed by atoms with Crippen molar-refractivity contribution >= 4 is 23.1 Å². The molecule has 0 fully saturated rings. The van der Waals surface area contributed by atoms with Crippen LogP contribution in [-0.2, 0) is 0 Å². The van der Waals surface area contributed by atoms with E-state index in [9.17, 15) is 0 Å². The van der Waals surface area contributed by atoms with Gasteiger partial charge in [-0.25, -0.2) is 0 Å². The van der Waals surface area contributed by atoms with E-state index < -0.39 is 0 Å². The third-order valence-electron chi connectivity index (χ3n) is 0.931. The third kappa shape index (κ3) is 2.51. The molecule has 3 heteroatoms. The molecule has 0 spiro atoms. The van der Waals surface area contributed by atoms with E-state index in [2.05, 4.69) is 22.4 Å².